The largest absolute Gasteiger partial charge is 0.507 e. The summed E-state index contributed by atoms with van der Waals surface area (Å²) in [4.78, 5) is 5.60. The average molecular weight is 333 g/mol. The summed E-state index contributed by atoms with van der Waals surface area (Å²) < 4.78 is 0. The monoisotopic (exact) mass is 333 g/mol. The minimum Gasteiger partial charge on any atom is -0.507 e. The summed E-state index contributed by atoms with van der Waals surface area (Å²) in [5.41, 5.74) is 0.775. The van der Waals surface area contributed by atoms with E-state index in [4.69, 9.17) is 0 Å². The van der Waals surface area contributed by atoms with E-state index >= 15 is 0 Å². The van der Waals surface area contributed by atoms with Crippen molar-refractivity contribution >= 4 is 22.8 Å². The number of hydrogen-bond donors (Lipinski definition) is 1. The van der Waals surface area contributed by atoms with Gasteiger partial charge in [-0.05, 0) is 22.9 Å². The molecule has 126 valence electrons. The Kier molecular flexibility index (Phi) is 4.21. The molecule has 5 heteroatoms. The first-order valence-electron chi connectivity index (χ1n) is 8.52. The van der Waals surface area contributed by atoms with Gasteiger partial charge in [-0.2, -0.15) is 5.10 Å². The van der Waals surface area contributed by atoms with Crippen LogP contribution in [-0.4, -0.2) is 42.5 Å². The van der Waals surface area contributed by atoms with Gasteiger partial charge < -0.3 is 5.11 Å². The van der Waals surface area contributed by atoms with E-state index in [0.29, 0.717) is 0 Å². The number of aromatic hydroxyl groups is 1. The fourth-order valence-electron chi connectivity index (χ4n) is 3.19. The molecule has 3 aromatic rings. The van der Waals surface area contributed by atoms with Crippen molar-refractivity contribution in [2.45, 2.75) is 0 Å². The average Bonchev–Trinajstić information content (AvgIpc) is 2.68. The van der Waals surface area contributed by atoms with E-state index in [1.165, 1.54) is 0 Å². The van der Waals surface area contributed by atoms with Gasteiger partial charge in [-0.1, -0.05) is 36.4 Å². The van der Waals surface area contributed by atoms with Crippen LogP contribution < -0.4 is 9.88 Å². The van der Waals surface area contributed by atoms with E-state index in [-0.39, 0.29) is 5.75 Å². The maximum absolute atomic E-state index is 10.2. The number of nitrogens with one attached hydrogen (secondary N) is 1. The minimum atomic E-state index is 0.264. The molecule has 0 unspecified atom stereocenters. The number of H-pyrrole nitrogens is 1. The summed E-state index contributed by atoms with van der Waals surface area (Å²) in [6.45, 7) is 3.54. The van der Waals surface area contributed by atoms with E-state index in [1.54, 1.807) is 12.3 Å². The van der Waals surface area contributed by atoms with E-state index in [0.717, 1.165) is 48.3 Å². The van der Waals surface area contributed by atoms with Crippen LogP contribution in [0.4, 0.5) is 5.82 Å². The molecule has 0 aliphatic carbocycles. The van der Waals surface area contributed by atoms with E-state index < -0.39 is 0 Å². The van der Waals surface area contributed by atoms with E-state index in [2.05, 4.69) is 26.1 Å². The number of rotatable bonds is 3. The zero-order chi connectivity index (χ0) is 17.1. The normalized spacial score (nSPS) is 15.2. The Hall–Kier alpha value is -3.08. The number of anilines is 1. The van der Waals surface area contributed by atoms with Crippen LogP contribution in [0.15, 0.2) is 65.9 Å². The van der Waals surface area contributed by atoms with Crippen LogP contribution in [0.25, 0.3) is 10.8 Å². The van der Waals surface area contributed by atoms with Crippen molar-refractivity contribution < 1.29 is 10.1 Å². The first-order valence-corrected chi connectivity index (χ1v) is 8.52. The lowest BCUT2D eigenvalue weighted by molar-refractivity contribution is -0.364. The fraction of sp³-hybridized carbons (Fsp3) is 0.200. The van der Waals surface area contributed by atoms with Crippen LogP contribution in [0.3, 0.4) is 0 Å². The lowest BCUT2D eigenvalue weighted by Gasteiger charge is -2.28. The maximum atomic E-state index is 10.2. The predicted molar refractivity (Wildman–Crippen MR) is 100.0 cm³/mol. The van der Waals surface area contributed by atoms with Crippen LogP contribution >= 0.6 is 0 Å². The molecule has 25 heavy (non-hydrogen) atoms. The third-order valence-corrected chi connectivity index (χ3v) is 4.59. The fourth-order valence-corrected chi connectivity index (χ4v) is 3.19. The smallest absolute Gasteiger partial charge is 0.274 e. The van der Waals surface area contributed by atoms with Crippen molar-refractivity contribution in [1.82, 2.24) is 5.01 Å². The highest BCUT2D eigenvalue weighted by Gasteiger charge is 2.22. The van der Waals surface area contributed by atoms with Gasteiger partial charge in [0.2, 0.25) is 0 Å². The molecule has 0 bridgehead atoms. The second kappa shape index (κ2) is 6.81. The van der Waals surface area contributed by atoms with E-state index in [9.17, 15) is 5.11 Å². The zero-order valence-electron chi connectivity index (χ0n) is 14.0. The van der Waals surface area contributed by atoms with Crippen molar-refractivity contribution in [2.75, 3.05) is 31.1 Å². The molecular weight excluding hydrogens is 312 g/mol. The highest BCUT2D eigenvalue weighted by Crippen LogP contribution is 2.25. The van der Waals surface area contributed by atoms with Crippen molar-refractivity contribution in [3.63, 3.8) is 0 Å². The van der Waals surface area contributed by atoms with Crippen LogP contribution in [0.5, 0.6) is 5.75 Å². The molecule has 0 amide bonds. The molecule has 1 saturated heterocycles. The summed E-state index contributed by atoms with van der Waals surface area (Å²) in [5.74, 6) is 1.40. The second-order valence-corrected chi connectivity index (χ2v) is 6.15. The van der Waals surface area contributed by atoms with Gasteiger partial charge in [-0.3, -0.25) is 9.91 Å². The predicted octanol–water partition coefficient (Wildman–Crippen LogP) is 2.52. The van der Waals surface area contributed by atoms with Gasteiger partial charge in [0.15, 0.2) is 0 Å². The summed E-state index contributed by atoms with van der Waals surface area (Å²) in [5, 5.41) is 19.0. The van der Waals surface area contributed by atoms with E-state index in [1.807, 2.05) is 48.7 Å². The number of aromatic amines is 1. The third kappa shape index (κ3) is 3.26. The third-order valence-electron chi connectivity index (χ3n) is 4.59. The summed E-state index contributed by atoms with van der Waals surface area (Å²) in [6, 6.07) is 17.8. The Balaban J connectivity index is 1.48. The van der Waals surface area contributed by atoms with Gasteiger partial charge in [-0.25, -0.2) is 4.98 Å². The van der Waals surface area contributed by atoms with Crippen LogP contribution in [0, 0.1) is 0 Å². The lowest BCUT2D eigenvalue weighted by atomic mass is 10.0. The number of fused-ring (bicyclic) bond motifs is 1. The van der Waals surface area contributed by atoms with Crippen molar-refractivity contribution in [3.8, 4) is 5.75 Å². The number of piperazine rings is 1. The SMILES string of the molecule is Oc1ccc2ccccc2c1C=NN1CCN(c2cccc[nH+]2)CC1. The van der Waals surface area contributed by atoms with Gasteiger partial charge in [0.25, 0.3) is 5.82 Å². The zero-order valence-corrected chi connectivity index (χ0v) is 14.0. The molecule has 0 radical (unpaired) electrons. The van der Waals surface area contributed by atoms with Crippen molar-refractivity contribution in [3.05, 3.63) is 66.4 Å². The summed E-state index contributed by atoms with van der Waals surface area (Å²) in [7, 11) is 0. The van der Waals surface area contributed by atoms with Crippen LogP contribution in [0.2, 0.25) is 0 Å². The summed E-state index contributed by atoms with van der Waals surface area (Å²) in [6.07, 6.45) is 3.73. The van der Waals surface area contributed by atoms with Crippen molar-refractivity contribution in [2.24, 2.45) is 5.10 Å². The molecule has 2 heterocycles. The molecule has 2 N–H and O–H groups in total. The number of phenolic OH excluding ortho intramolecular Hbond substituents is 1. The second-order valence-electron chi connectivity index (χ2n) is 6.15. The van der Waals surface area contributed by atoms with Gasteiger partial charge in [0.1, 0.15) is 18.8 Å². The Morgan fingerprint density at radius 3 is 2.52 bits per heavy atom. The Labute approximate surface area is 146 Å². The lowest BCUT2D eigenvalue weighted by Crippen LogP contribution is -2.45. The molecule has 0 atom stereocenters. The topological polar surface area (TPSA) is 53.2 Å². The quantitative estimate of drug-likeness (QED) is 0.750. The highest BCUT2D eigenvalue weighted by molar-refractivity contribution is 6.02. The van der Waals surface area contributed by atoms with Gasteiger partial charge in [0.05, 0.1) is 25.5 Å². The van der Waals surface area contributed by atoms with Crippen LogP contribution in [-0.2, 0) is 0 Å². The number of phenols is 1. The molecule has 0 saturated carbocycles. The first kappa shape index (κ1) is 15.4. The number of hydrazone groups is 1. The van der Waals surface area contributed by atoms with Crippen LogP contribution in [0.1, 0.15) is 5.56 Å². The highest BCUT2D eigenvalue weighted by atomic mass is 16.3. The number of benzene rings is 2. The molecule has 1 aliphatic rings. The first-order chi connectivity index (χ1) is 12.3. The molecule has 0 spiro atoms. The number of aromatic nitrogens is 1. The molecule has 2 aromatic carbocycles. The van der Waals surface area contributed by atoms with Crippen molar-refractivity contribution in [1.29, 1.82) is 0 Å². The summed E-state index contributed by atoms with van der Waals surface area (Å²) >= 11 is 0. The Morgan fingerprint density at radius 1 is 0.920 bits per heavy atom. The molecule has 5 nitrogen and oxygen atoms in total. The Morgan fingerprint density at radius 2 is 1.72 bits per heavy atom. The number of nitrogens with zero attached hydrogens (tertiary/aromatic N) is 3. The van der Waals surface area contributed by atoms with Gasteiger partial charge in [-0.15, -0.1) is 0 Å². The van der Waals surface area contributed by atoms with Gasteiger partial charge in [0, 0.05) is 11.6 Å². The molecule has 1 fully saturated rings. The number of hydrogen-bond acceptors (Lipinski definition) is 4. The molecule has 1 aromatic heterocycles. The standard InChI is InChI=1S/C20H20N4O/c25-19-9-8-16-5-1-2-6-17(16)18(19)15-22-24-13-11-23(12-14-24)20-7-3-4-10-21-20/h1-10,15,25H,11-14H2/p+1. The maximum Gasteiger partial charge on any atom is 0.274 e. The Bertz CT molecular complexity index is 887. The number of pyridine rings is 1. The molecular formula is C20H21N4O+. The molecule has 1 aliphatic heterocycles. The minimum absolute atomic E-state index is 0.264. The van der Waals surface area contributed by atoms with Gasteiger partial charge >= 0.3 is 0 Å². The molecule has 4 rings (SSSR count).